The van der Waals surface area contributed by atoms with Crippen LogP contribution in [0.2, 0.25) is 0 Å². The van der Waals surface area contributed by atoms with Gasteiger partial charge in [-0.1, -0.05) is 29.8 Å². The van der Waals surface area contributed by atoms with E-state index in [-0.39, 0.29) is 23.5 Å². The van der Waals surface area contributed by atoms with Crippen molar-refractivity contribution in [3.8, 4) is 10.4 Å². The standard InChI is InChI=1S/C23H20F3N5O2S2/c1-12-4-3-5-14(10-12)18-16(28-13(2)35-18)21(33)30-7-6-15(30)11-27-20(32)17-19(23(24,25)26)29-22-31(17)8-9-34-22/h3-5,8-10,15H,6-7,11H2,1-2H3,(H,27,32)/t15-/m0/s1. The molecule has 5 rings (SSSR count). The van der Waals surface area contributed by atoms with E-state index in [4.69, 9.17) is 0 Å². The molecule has 182 valence electrons. The number of hydrogen-bond acceptors (Lipinski definition) is 6. The van der Waals surface area contributed by atoms with Crippen LogP contribution in [0, 0.1) is 13.8 Å². The number of amides is 2. The summed E-state index contributed by atoms with van der Waals surface area (Å²) in [5.41, 5.74) is 0.551. The lowest BCUT2D eigenvalue weighted by molar-refractivity contribution is -0.141. The average molecular weight is 520 g/mol. The molecule has 0 saturated carbocycles. The summed E-state index contributed by atoms with van der Waals surface area (Å²) in [5, 5.41) is 4.89. The highest BCUT2D eigenvalue weighted by molar-refractivity contribution is 7.15. The molecule has 1 saturated heterocycles. The van der Waals surface area contributed by atoms with Crippen molar-refractivity contribution in [2.24, 2.45) is 0 Å². The Bertz CT molecular complexity index is 1440. The van der Waals surface area contributed by atoms with Crippen LogP contribution in [0.15, 0.2) is 35.8 Å². The number of hydrogen-bond donors (Lipinski definition) is 1. The Labute approximate surface area is 206 Å². The van der Waals surface area contributed by atoms with Crippen LogP contribution >= 0.6 is 22.7 Å². The Morgan fingerprint density at radius 2 is 2.03 bits per heavy atom. The minimum atomic E-state index is -4.76. The monoisotopic (exact) mass is 519 g/mol. The number of halogens is 3. The highest BCUT2D eigenvalue weighted by Gasteiger charge is 2.41. The van der Waals surface area contributed by atoms with Gasteiger partial charge >= 0.3 is 6.18 Å². The molecule has 35 heavy (non-hydrogen) atoms. The first-order valence-electron chi connectivity index (χ1n) is 10.8. The summed E-state index contributed by atoms with van der Waals surface area (Å²) in [6.07, 6.45) is -2.75. The Balaban J connectivity index is 1.33. The molecule has 1 aromatic carbocycles. The van der Waals surface area contributed by atoms with Gasteiger partial charge in [-0.3, -0.25) is 14.0 Å². The molecule has 0 bridgehead atoms. The van der Waals surface area contributed by atoms with Crippen molar-refractivity contribution in [3.05, 3.63) is 63.5 Å². The van der Waals surface area contributed by atoms with E-state index in [0.717, 1.165) is 36.7 Å². The second kappa shape index (κ2) is 8.76. The number of fused-ring (bicyclic) bond motifs is 1. The smallest absolute Gasteiger partial charge is 0.349 e. The Morgan fingerprint density at radius 3 is 2.71 bits per heavy atom. The van der Waals surface area contributed by atoms with Crippen molar-refractivity contribution >= 4 is 39.4 Å². The zero-order valence-electron chi connectivity index (χ0n) is 18.7. The molecule has 1 aliphatic rings. The van der Waals surface area contributed by atoms with Crippen LogP contribution in [-0.4, -0.2) is 50.2 Å². The number of nitrogens with zero attached hydrogens (tertiary/aromatic N) is 4. The first kappa shape index (κ1) is 23.5. The van der Waals surface area contributed by atoms with Crippen molar-refractivity contribution in [2.75, 3.05) is 13.1 Å². The van der Waals surface area contributed by atoms with Gasteiger partial charge in [-0.15, -0.1) is 22.7 Å². The van der Waals surface area contributed by atoms with Crippen molar-refractivity contribution in [1.29, 1.82) is 0 Å². The third-order valence-corrected chi connectivity index (χ3v) is 7.64. The number of aryl methyl sites for hydroxylation is 2. The number of benzene rings is 1. The third kappa shape index (κ3) is 4.31. The van der Waals surface area contributed by atoms with Gasteiger partial charge in [-0.2, -0.15) is 13.2 Å². The van der Waals surface area contributed by atoms with Gasteiger partial charge in [0.15, 0.2) is 10.7 Å². The van der Waals surface area contributed by atoms with E-state index in [1.165, 1.54) is 17.5 Å². The summed E-state index contributed by atoms with van der Waals surface area (Å²) in [6, 6.07) is 7.48. The van der Waals surface area contributed by atoms with E-state index in [1.54, 1.807) is 10.3 Å². The predicted molar refractivity (Wildman–Crippen MR) is 127 cm³/mol. The number of alkyl halides is 3. The second-order valence-corrected chi connectivity index (χ2v) is 10.4. The van der Waals surface area contributed by atoms with E-state index >= 15 is 0 Å². The largest absolute Gasteiger partial charge is 0.435 e. The summed E-state index contributed by atoms with van der Waals surface area (Å²) in [7, 11) is 0. The maximum atomic E-state index is 13.5. The SMILES string of the molecule is Cc1cccc(-c2sc(C)nc2C(=O)N2CC[C@H]2CNC(=O)c2c(C(F)(F)F)nc3sccn23)c1. The van der Waals surface area contributed by atoms with Crippen molar-refractivity contribution in [1.82, 2.24) is 24.6 Å². The first-order chi connectivity index (χ1) is 16.6. The van der Waals surface area contributed by atoms with Crippen LogP contribution in [0.1, 0.15) is 43.7 Å². The van der Waals surface area contributed by atoms with E-state index in [1.807, 2.05) is 38.1 Å². The first-order valence-corrected chi connectivity index (χ1v) is 12.5. The predicted octanol–water partition coefficient (Wildman–Crippen LogP) is 4.80. The Morgan fingerprint density at radius 1 is 1.23 bits per heavy atom. The molecular weight excluding hydrogens is 499 g/mol. The number of carbonyl (C=O) groups excluding carboxylic acids is 2. The molecule has 1 fully saturated rings. The number of rotatable bonds is 5. The molecule has 0 unspecified atom stereocenters. The molecular formula is C23H20F3N5O2S2. The van der Waals surface area contributed by atoms with Gasteiger partial charge in [-0.05, 0) is 25.8 Å². The number of imidazole rings is 1. The quantitative estimate of drug-likeness (QED) is 0.411. The number of nitrogens with one attached hydrogen (secondary N) is 1. The third-order valence-electron chi connectivity index (χ3n) is 5.87. The van der Waals surface area contributed by atoms with Crippen molar-refractivity contribution < 1.29 is 22.8 Å². The molecule has 1 aliphatic heterocycles. The highest BCUT2D eigenvalue weighted by Crippen LogP contribution is 2.34. The molecule has 12 heteroatoms. The Hall–Kier alpha value is -3.25. The van der Waals surface area contributed by atoms with Gasteiger partial charge in [0.2, 0.25) is 0 Å². The molecule has 1 atom stereocenters. The summed E-state index contributed by atoms with van der Waals surface area (Å²) in [6.45, 7) is 4.33. The summed E-state index contributed by atoms with van der Waals surface area (Å²) < 4.78 is 41.5. The molecule has 0 spiro atoms. The maximum Gasteiger partial charge on any atom is 0.435 e. The van der Waals surface area contributed by atoms with Gasteiger partial charge in [0.1, 0.15) is 11.4 Å². The maximum absolute atomic E-state index is 13.5. The van der Waals surface area contributed by atoms with Gasteiger partial charge in [0, 0.05) is 24.7 Å². The molecule has 4 aromatic rings. The fourth-order valence-corrected chi connectivity index (χ4v) is 5.73. The number of carbonyl (C=O) groups is 2. The summed E-state index contributed by atoms with van der Waals surface area (Å²) in [4.78, 5) is 36.6. The lowest BCUT2D eigenvalue weighted by Gasteiger charge is -2.40. The summed E-state index contributed by atoms with van der Waals surface area (Å²) in [5.74, 6) is -1.13. The zero-order valence-corrected chi connectivity index (χ0v) is 20.4. The van der Waals surface area contributed by atoms with E-state index in [9.17, 15) is 22.8 Å². The fourth-order valence-electron chi connectivity index (χ4n) is 4.10. The topological polar surface area (TPSA) is 79.6 Å². The van der Waals surface area contributed by atoms with Crippen molar-refractivity contribution in [2.45, 2.75) is 32.5 Å². The van der Waals surface area contributed by atoms with Gasteiger partial charge < -0.3 is 10.2 Å². The highest BCUT2D eigenvalue weighted by atomic mass is 32.1. The van der Waals surface area contributed by atoms with Crippen LogP contribution in [0.4, 0.5) is 13.2 Å². The van der Waals surface area contributed by atoms with Gasteiger partial charge in [-0.25, -0.2) is 9.97 Å². The molecule has 0 aliphatic carbocycles. The van der Waals surface area contributed by atoms with Crippen LogP contribution in [0.25, 0.3) is 15.4 Å². The van der Waals surface area contributed by atoms with Crippen LogP contribution in [0.5, 0.6) is 0 Å². The molecule has 2 amide bonds. The normalized spacial score (nSPS) is 15.9. The van der Waals surface area contributed by atoms with Crippen LogP contribution in [0.3, 0.4) is 0 Å². The van der Waals surface area contributed by atoms with Gasteiger partial charge in [0.05, 0.1) is 15.9 Å². The second-order valence-electron chi connectivity index (χ2n) is 8.29. The number of aromatic nitrogens is 3. The zero-order chi connectivity index (χ0) is 24.9. The van der Waals surface area contributed by atoms with E-state index in [0.29, 0.717) is 18.7 Å². The fraction of sp³-hybridized carbons (Fsp3) is 0.304. The molecule has 0 radical (unpaired) electrons. The minimum absolute atomic E-state index is 0.0299. The molecule has 1 N–H and O–H groups in total. The lowest BCUT2D eigenvalue weighted by atomic mass is 10.0. The van der Waals surface area contributed by atoms with Gasteiger partial charge in [0.25, 0.3) is 11.8 Å². The lowest BCUT2D eigenvalue weighted by Crippen LogP contribution is -2.56. The molecule has 4 heterocycles. The van der Waals surface area contributed by atoms with Crippen molar-refractivity contribution in [3.63, 3.8) is 0 Å². The van der Waals surface area contributed by atoms with E-state index in [2.05, 4.69) is 15.3 Å². The van der Waals surface area contributed by atoms with E-state index < -0.39 is 23.5 Å². The summed E-state index contributed by atoms with van der Waals surface area (Å²) >= 11 is 2.45. The number of likely N-dealkylation sites (tertiary alicyclic amines) is 1. The Kier molecular flexibility index (Phi) is 5.88. The average Bonchev–Trinajstić information content (AvgIpc) is 3.46. The number of thiazole rings is 2. The molecule has 3 aromatic heterocycles. The van der Waals surface area contributed by atoms with Crippen LogP contribution in [-0.2, 0) is 6.18 Å². The molecule has 7 nitrogen and oxygen atoms in total. The van der Waals surface area contributed by atoms with Crippen LogP contribution < -0.4 is 5.32 Å². The minimum Gasteiger partial charge on any atom is -0.349 e.